The molecule has 102 valence electrons. The summed E-state index contributed by atoms with van der Waals surface area (Å²) in [5.41, 5.74) is 3.42. The molecule has 1 heterocycles. The number of methoxy groups -OCH3 is 1. The summed E-state index contributed by atoms with van der Waals surface area (Å²) in [6.07, 6.45) is 3.80. The van der Waals surface area contributed by atoms with Crippen molar-refractivity contribution in [3.8, 4) is 0 Å². The first kappa shape index (κ1) is 13.9. The van der Waals surface area contributed by atoms with Gasteiger partial charge in [0.2, 0.25) is 0 Å². The van der Waals surface area contributed by atoms with Crippen molar-refractivity contribution in [2.24, 2.45) is 0 Å². The summed E-state index contributed by atoms with van der Waals surface area (Å²) in [6.45, 7) is 4.25. The molecule has 1 N–H and O–H groups in total. The van der Waals surface area contributed by atoms with Crippen molar-refractivity contribution in [2.45, 2.75) is 20.0 Å². The quantitative estimate of drug-likeness (QED) is 0.883. The van der Waals surface area contributed by atoms with Gasteiger partial charge in [-0.2, -0.15) is 5.10 Å². The molecule has 0 aliphatic carbocycles. The van der Waals surface area contributed by atoms with Gasteiger partial charge in [0.1, 0.15) is 0 Å². The summed E-state index contributed by atoms with van der Waals surface area (Å²) in [4.78, 5) is 0. The number of hydrogen-bond donors (Lipinski definition) is 1. The van der Waals surface area contributed by atoms with Crippen LogP contribution in [0.4, 0.5) is 5.69 Å². The van der Waals surface area contributed by atoms with E-state index in [1.807, 2.05) is 35.3 Å². The van der Waals surface area contributed by atoms with Gasteiger partial charge in [0.15, 0.2) is 0 Å². The molecular weight excluding hydrogens is 262 g/mol. The van der Waals surface area contributed by atoms with Gasteiger partial charge in [-0.3, -0.25) is 4.68 Å². The predicted octanol–water partition coefficient (Wildman–Crippen LogP) is 3.10. The molecule has 1 aromatic heterocycles. The van der Waals surface area contributed by atoms with Crippen molar-refractivity contribution in [2.75, 3.05) is 19.0 Å². The standard InChI is InChI=1S/C14H18ClN3O/c1-11-7-13(15)4-3-12(11)8-16-14-9-17-18(10-14)5-6-19-2/h3-4,7,9-10,16H,5-6,8H2,1-2H3. The van der Waals surface area contributed by atoms with Gasteiger partial charge in [0.05, 0.1) is 25.0 Å². The van der Waals surface area contributed by atoms with Crippen LogP contribution in [0, 0.1) is 6.92 Å². The summed E-state index contributed by atoms with van der Waals surface area (Å²) in [7, 11) is 1.69. The summed E-state index contributed by atoms with van der Waals surface area (Å²) in [5, 5.41) is 8.38. The fourth-order valence-corrected chi connectivity index (χ4v) is 2.04. The van der Waals surface area contributed by atoms with Crippen molar-refractivity contribution in [1.29, 1.82) is 0 Å². The first-order valence-electron chi connectivity index (χ1n) is 6.19. The second-order valence-corrected chi connectivity index (χ2v) is 4.85. The van der Waals surface area contributed by atoms with Gasteiger partial charge in [-0.05, 0) is 30.2 Å². The van der Waals surface area contributed by atoms with Gasteiger partial charge in [-0.15, -0.1) is 0 Å². The number of aryl methyl sites for hydroxylation is 1. The lowest BCUT2D eigenvalue weighted by atomic mass is 10.1. The molecule has 2 aromatic rings. The largest absolute Gasteiger partial charge is 0.383 e. The van der Waals surface area contributed by atoms with E-state index in [-0.39, 0.29) is 0 Å². The Balaban J connectivity index is 1.92. The molecule has 0 amide bonds. The zero-order valence-corrected chi connectivity index (χ0v) is 11.9. The van der Waals surface area contributed by atoms with Crippen LogP contribution in [0.25, 0.3) is 0 Å². The molecule has 5 heteroatoms. The maximum absolute atomic E-state index is 5.94. The lowest BCUT2D eigenvalue weighted by Crippen LogP contribution is -2.04. The van der Waals surface area contributed by atoms with E-state index in [2.05, 4.69) is 17.3 Å². The van der Waals surface area contributed by atoms with Gasteiger partial charge in [0, 0.05) is 24.9 Å². The van der Waals surface area contributed by atoms with Crippen molar-refractivity contribution in [3.05, 3.63) is 46.7 Å². The van der Waals surface area contributed by atoms with Crippen LogP contribution < -0.4 is 5.32 Å². The van der Waals surface area contributed by atoms with E-state index < -0.39 is 0 Å². The summed E-state index contributed by atoms with van der Waals surface area (Å²) in [5.74, 6) is 0. The molecule has 0 radical (unpaired) electrons. The third-order valence-corrected chi connectivity index (χ3v) is 3.18. The minimum absolute atomic E-state index is 0.664. The number of hydrogen-bond acceptors (Lipinski definition) is 3. The van der Waals surface area contributed by atoms with Crippen molar-refractivity contribution in [3.63, 3.8) is 0 Å². The molecule has 0 saturated carbocycles. The highest BCUT2D eigenvalue weighted by molar-refractivity contribution is 6.30. The van der Waals surface area contributed by atoms with Crippen LogP contribution in [0.3, 0.4) is 0 Å². The lowest BCUT2D eigenvalue weighted by Gasteiger charge is -2.07. The Hall–Kier alpha value is -1.52. The zero-order chi connectivity index (χ0) is 13.7. The Bertz CT molecular complexity index is 539. The minimum Gasteiger partial charge on any atom is -0.383 e. The first-order valence-corrected chi connectivity index (χ1v) is 6.57. The molecule has 0 atom stereocenters. The maximum Gasteiger partial charge on any atom is 0.0729 e. The molecular formula is C14H18ClN3O. The number of nitrogens with one attached hydrogen (secondary N) is 1. The van der Waals surface area contributed by atoms with E-state index in [9.17, 15) is 0 Å². The number of ether oxygens (including phenoxy) is 1. The summed E-state index contributed by atoms with van der Waals surface area (Å²) < 4.78 is 6.88. The number of nitrogens with zero attached hydrogens (tertiary/aromatic N) is 2. The number of benzene rings is 1. The van der Waals surface area contributed by atoms with E-state index >= 15 is 0 Å². The predicted molar refractivity (Wildman–Crippen MR) is 77.6 cm³/mol. The van der Waals surface area contributed by atoms with Crippen molar-refractivity contribution >= 4 is 17.3 Å². The van der Waals surface area contributed by atoms with Crippen LogP contribution in [0.15, 0.2) is 30.6 Å². The van der Waals surface area contributed by atoms with Gasteiger partial charge >= 0.3 is 0 Å². The average molecular weight is 280 g/mol. The van der Waals surface area contributed by atoms with Gasteiger partial charge < -0.3 is 10.1 Å². The Morgan fingerprint density at radius 3 is 3.00 bits per heavy atom. The van der Waals surface area contributed by atoms with E-state index in [0.717, 1.165) is 23.8 Å². The van der Waals surface area contributed by atoms with Crippen LogP contribution >= 0.6 is 11.6 Å². The number of aromatic nitrogens is 2. The molecule has 0 saturated heterocycles. The Kier molecular flexibility index (Phi) is 4.82. The highest BCUT2D eigenvalue weighted by Gasteiger charge is 2.01. The average Bonchev–Trinajstić information content (AvgIpc) is 2.83. The highest BCUT2D eigenvalue weighted by atomic mass is 35.5. The number of anilines is 1. The molecule has 2 rings (SSSR count). The molecule has 0 aliphatic heterocycles. The first-order chi connectivity index (χ1) is 9.19. The van der Waals surface area contributed by atoms with Crippen molar-refractivity contribution in [1.82, 2.24) is 9.78 Å². The summed E-state index contributed by atoms with van der Waals surface area (Å²) >= 11 is 5.94. The van der Waals surface area contributed by atoms with Gasteiger partial charge in [-0.1, -0.05) is 17.7 Å². The second kappa shape index (κ2) is 6.59. The molecule has 0 aliphatic rings. The zero-order valence-electron chi connectivity index (χ0n) is 11.2. The third kappa shape index (κ3) is 3.98. The van der Waals surface area contributed by atoms with Gasteiger partial charge in [0.25, 0.3) is 0 Å². The normalized spacial score (nSPS) is 10.7. The number of rotatable bonds is 6. The second-order valence-electron chi connectivity index (χ2n) is 4.41. The van der Waals surface area contributed by atoms with E-state index in [4.69, 9.17) is 16.3 Å². The topological polar surface area (TPSA) is 39.1 Å². The molecule has 1 aromatic carbocycles. The SMILES string of the molecule is COCCn1cc(NCc2ccc(Cl)cc2C)cn1. The van der Waals surface area contributed by atoms with E-state index in [1.54, 1.807) is 7.11 Å². The lowest BCUT2D eigenvalue weighted by molar-refractivity contribution is 0.183. The molecule has 0 spiro atoms. The monoisotopic (exact) mass is 279 g/mol. The molecule has 19 heavy (non-hydrogen) atoms. The molecule has 0 bridgehead atoms. The minimum atomic E-state index is 0.664. The van der Waals surface area contributed by atoms with E-state index in [1.165, 1.54) is 11.1 Å². The summed E-state index contributed by atoms with van der Waals surface area (Å²) in [6, 6.07) is 5.92. The highest BCUT2D eigenvalue weighted by Crippen LogP contribution is 2.16. The number of halogens is 1. The van der Waals surface area contributed by atoms with Crippen LogP contribution in [0.5, 0.6) is 0 Å². The maximum atomic E-state index is 5.94. The fourth-order valence-electron chi connectivity index (χ4n) is 1.82. The fraction of sp³-hybridized carbons (Fsp3) is 0.357. The van der Waals surface area contributed by atoms with Crippen LogP contribution in [-0.4, -0.2) is 23.5 Å². The van der Waals surface area contributed by atoms with Crippen LogP contribution in [-0.2, 0) is 17.8 Å². The molecule has 0 unspecified atom stereocenters. The Morgan fingerprint density at radius 1 is 1.42 bits per heavy atom. The van der Waals surface area contributed by atoms with Gasteiger partial charge in [-0.25, -0.2) is 0 Å². The molecule has 0 fully saturated rings. The Morgan fingerprint density at radius 2 is 2.26 bits per heavy atom. The van der Waals surface area contributed by atoms with Crippen LogP contribution in [0.1, 0.15) is 11.1 Å². The van der Waals surface area contributed by atoms with Crippen molar-refractivity contribution < 1.29 is 4.74 Å². The molecule has 4 nitrogen and oxygen atoms in total. The third-order valence-electron chi connectivity index (χ3n) is 2.95. The Labute approximate surface area is 118 Å². The smallest absolute Gasteiger partial charge is 0.0729 e. The van der Waals surface area contributed by atoms with Crippen LogP contribution in [0.2, 0.25) is 5.02 Å². The van der Waals surface area contributed by atoms with E-state index in [0.29, 0.717) is 6.61 Å².